The molecule has 1 unspecified atom stereocenters. The number of fused-ring (bicyclic) bond motifs is 1. The van der Waals surface area contributed by atoms with Crippen molar-refractivity contribution in [2.24, 2.45) is 5.92 Å². The summed E-state index contributed by atoms with van der Waals surface area (Å²) in [4.78, 5) is 0. The SMILES string of the molecule is CCNC(CC1CCSCC1)c1cc2cccc(C)c2o1. The maximum absolute atomic E-state index is 6.19. The van der Waals surface area contributed by atoms with E-state index in [9.17, 15) is 0 Å². The highest BCUT2D eigenvalue weighted by Gasteiger charge is 2.22. The molecule has 0 aliphatic carbocycles. The molecule has 3 heteroatoms. The number of para-hydroxylation sites is 1. The minimum Gasteiger partial charge on any atom is -0.459 e. The van der Waals surface area contributed by atoms with Crippen LogP contribution in [0.25, 0.3) is 11.0 Å². The van der Waals surface area contributed by atoms with Gasteiger partial charge in [-0.05, 0) is 61.8 Å². The Labute approximate surface area is 131 Å². The molecule has 1 saturated heterocycles. The molecule has 3 rings (SSSR count). The Balaban J connectivity index is 1.82. The second-order valence-corrected chi connectivity index (χ2v) is 7.27. The van der Waals surface area contributed by atoms with E-state index in [-0.39, 0.29) is 0 Å². The molecular formula is C18H25NOS. The Kier molecular flexibility index (Phi) is 4.91. The van der Waals surface area contributed by atoms with Crippen LogP contribution in [0.3, 0.4) is 0 Å². The van der Waals surface area contributed by atoms with Crippen LogP contribution in [0.15, 0.2) is 28.7 Å². The van der Waals surface area contributed by atoms with E-state index in [0.717, 1.165) is 23.8 Å². The Morgan fingerprint density at radius 2 is 2.14 bits per heavy atom. The van der Waals surface area contributed by atoms with Crippen LogP contribution in [0.4, 0.5) is 0 Å². The average Bonchev–Trinajstić information content (AvgIpc) is 2.93. The van der Waals surface area contributed by atoms with Gasteiger partial charge >= 0.3 is 0 Å². The molecule has 1 atom stereocenters. The quantitative estimate of drug-likeness (QED) is 0.848. The number of aryl methyl sites for hydroxylation is 1. The van der Waals surface area contributed by atoms with E-state index < -0.39 is 0 Å². The van der Waals surface area contributed by atoms with E-state index in [1.165, 1.54) is 41.7 Å². The molecule has 1 N–H and O–H groups in total. The minimum absolute atomic E-state index is 0.356. The molecule has 2 aromatic rings. The highest BCUT2D eigenvalue weighted by molar-refractivity contribution is 7.99. The minimum atomic E-state index is 0.356. The summed E-state index contributed by atoms with van der Waals surface area (Å²) in [7, 11) is 0. The van der Waals surface area contributed by atoms with Crippen molar-refractivity contribution in [3.63, 3.8) is 0 Å². The second-order valence-electron chi connectivity index (χ2n) is 6.04. The first kappa shape index (κ1) is 15.0. The number of hydrogen-bond donors (Lipinski definition) is 1. The number of rotatable bonds is 5. The Hall–Kier alpha value is -0.930. The summed E-state index contributed by atoms with van der Waals surface area (Å²) in [6.07, 6.45) is 3.91. The molecule has 2 heterocycles. The number of hydrogen-bond acceptors (Lipinski definition) is 3. The van der Waals surface area contributed by atoms with E-state index in [1.54, 1.807) is 0 Å². The normalized spacial score (nSPS) is 18.2. The number of furan rings is 1. The fourth-order valence-electron chi connectivity index (χ4n) is 3.26. The lowest BCUT2D eigenvalue weighted by Crippen LogP contribution is -2.24. The number of thioether (sulfide) groups is 1. The fourth-order valence-corrected chi connectivity index (χ4v) is 4.47. The van der Waals surface area contributed by atoms with Crippen LogP contribution in [0.5, 0.6) is 0 Å². The largest absolute Gasteiger partial charge is 0.459 e. The molecule has 1 fully saturated rings. The summed E-state index contributed by atoms with van der Waals surface area (Å²) < 4.78 is 6.19. The third kappa shape index (κ3) is 3.46. The summed E-state index contributed by atoms with van der Waals surface area (Å²) in [5, 5.41) is 4.85. The van der Waals surface area contributed by atoms with E-state index in [0.29, 0.717) is 6.04 Å². The third-order valence-corrected chi connectivity index (χ3v) is 5.51. The van der Waals surface area contributed by atoms with Gasteiger partial charge in [0, 0.05) is 5.39 Å². The number of benzene rings is 1. The van der Waals surface area contributed by atoms with Crippen LogP contribution < -0.4 is 5.32 Å². The zero-order valence-electron chi connectivity index (χ0n) is 13.0. The molecule has 21 heavy (non-hydrogen) atoms. The van der Waals surface area contributed by atoms with Crippen LogP contribution in [0.1, 0.15) is 43.6 Å². The number of nitrogens with one attached hydrogen (secondary N) is 1. The molecule has 1 aliphatic rings. The molecule has 0 saturated carbocycles. The lowest BCUT2D eigenvalue weighted by atomic mass is 9.93. The van der Waals surface area contributed by atoms with Crippen molar-refractivity contribution in [2.45, 2.75) is 39.2 Å². The van der Waals surface area contributed by atoms with Crippen molar-refractivity contribution >= 4 is 22.7 Å². The predicted octanol–water partition coefficient (Wildman–Crippen LogP) is 4.93. The highest BCUT2D eigenvalue weighted by Crippen LogP contribution is 2.33. The van der Waals surface area contributed by atoms with Gasteiger partial charge in [-0.25, -0.2) is 0 Å². The summed E-state index contributed by atoms with van der Waals surface area (Å²) in [5.41, 5.74) is 2.28. The third-order valence-electron chi connectivity index (χ3n) is 4.46. The van der Waals surface area contributed by atoms with Crippen LogP contribution in [-0.2, 0) is 0 Å². The van der Waals surface area contributed by atoms with Gasteiger partial charge in [0.25, 0.3) is 0 Å². The summed E-state index contributed by atoms with van der Waals surface area (Å²) in [6, 6.07) is 8.96. The van der Waals surface area contributed by atoms with Crippen molar-refractivity contribution in [1.29, 1.82) is 0 Å². The van der Waals surface area contributed by atoms with Crippen LogP contribution in [0, 0.1) is 12.8 Å². The highest BCUT2D eigenvalue weighted by atomic mass is 32.2. The van der Waals surface area contributed by atoms with Crippen molar-refractivity contribution in [3.05, 3.63) is 35.6 Å². The van der Waals surface area contributed by atoms with E-state index in [2.05, 4.69) is 55.2 Å². The standard InChI is InChI=1S/C18H25NOS/c1-3-19-16(11-14-7-9-21-10-8-14)17-12-15-6-4-5-13(2)18(15)20-17/h4-6,12,14,16,19H,3,7-11H2,1-2H3. The molecule has 2 nitrogen and oxygen atoms in total. The molecule has 1 aromatic carbocycles. The topological polar surface area (TPSA) is 25.2 Å². The van der Waals surface area contributed by atoms with Gasteiger partial charge in [0.05, 0.1) is 6.04 Å². The molecule has 114 valence electrons. The van der Waals surface area contributed by atoms with Gasteiger partial charge in [-0.2, -0.15) is 11.8 Å². The zero-order valence-corrected chi connectivity index (χ0v) is 13.8. The van der Waals surface area contributed by atoms with Crippen molar-refractivity contribution in [2.75, 3.05) is 18.1 Å². The van der Waals surface area contributed by atoms with Gasteiger partial charge < -0.3 is 9.73 Å². The molecule has 1 aliphatic heterocycles. The van der Waals surface area contributed by atoms with E-state index >= 15 is 0 Å². The lowest BCUT2D eigenvalue weighted by Gasteiger charge is -2.25. The molecular weight excluding hydrogens is 278 g/mol. The first-order chi connectivity index (χ1) is 10.3. The van der Waals surface area contributed by atoms with E-state index in [4.69, 9.17) is 4.42 Å². The monoisotopic (exact) mass is 303 g/mol. The Morgan fingerprint density at radius 3 is 2.86 bits per heavy atom. The van der Waals surface area contributed by atoms with Gasteiger partial charge in [-0.3, -0.25) is 0 Å². The van der Waals surface area contributed by atoms with Crippen molar-refractivity contribution < 1.29 is 4.42 Å². The van der Waals surface area contributed by atoms with Gasteiger partial charge in [-0.1, -0.05) is 25.1 Å². The van der Waals surface area contributed by atoms with Gasteiger partial charge in [0.15, 0.2) is 0 Å². The molecule has 0 radical (unpaired) electrons. The van der Waals surface area contributed by atoms with Crippen LogP contribution >= 0.6 is 11.8 Å². The van der Waals surface area contributed by atoms with E-state index in [1.807, 2.05) is 0 Å². The zero-order chi connectivity index (χ0) is 14.7. The second kappa shape index (κ2) is 6.89. The molecule has 0 spiro atoms. The van der Waals surface area contributed by atoms with Crippen LogP contribution in [0.2, 0.25) is 0 Å². The summed E-state index contributed by atoms with van der Waals surface area (Å²) in [6.45, 7) is 5.29. The maximum atomic E-state index is 6.19. The van der Waals surface area contributed by atoms with Crippen LogP contribution in [-0.4, -0.2) is 18.1 Å². The first-order valence-corrected chi connectivity index (χ1v) is 9.23. The van der Waals surface area contributed by atoms with Gasteiger partial charge in [-0.15, -0.1) is 0 Å². The molecule has 0 bridgehead atoms. The molecule has 0 amide bonds. The lowest BCUT2D eigenvalue weighted by molar-refractivity contribution is 0.338. The fraction of sp³-hybridized carbons (Fsp3) is 0.556. The predicted molar refractivity (Wildman–Crippen MR) is 92.0 cm³/mol. The summed E-state index contributed by atoms with van der Waals surface area (Å²) >= 11 is 2.10. The molecule has 1 aromatic heterocycles. The van der Waals surface area contributed by atoms with Crippen molar-refractivity contribution in [3.8, 4) is 0 Å². The smallest absolute Gasteiger partial charge is 0.137 e. The van der Waals surface area contributed by atoms with Gasteiger partial charge in [0.1, 0.15) is 11.3 Å². The Bertz CT molecular complexity index is 586. The van der Waals surface area contributed by atoms with Gasteiger partial charge in [0.2, 0.25) is 0 Å². The average molecular weight is 303 g/mol. The van der Waals surface area contributed by atoms with Crippen molar-refractivity contribution in [1.82, 2.24) is 5.32 Å². The maximum Gasteiger partial charge on any atom is 0.137 e. The first-order valence-electron chi connectivity index (χ1n) is 8.08. The Morgan fingerprint density at radius 1 is 1.33 bits per heavy atom. The summed E-state index contributed by atoms with van der Waals surface area (Å²) in [5.74, 6) is 4.59.